The molecule has 0 aliphatic heterocycles. The van der Waals surface area contributed by atoms with E-state index in [0.29, 0.717) is 12.2 Å². The van der Waals surface area contributed by atoms with Crippen LogP contribution < -0.4 is 10.9 Å². The smallest absolute Gasteiger partial charge is 0.287 e. The van der Waals surface area contributed by atoms with E-state index in [9.17, 15) is 4.79 Å². The summed E-state index contributed by atoms with van der Waals surface area (Å²) in [6.07, 6.45) is 4.78. The number of anilines is 1. The van der Waals surface area contributed by atoms with E-state index in [1.807, 2.05) is 19.9 Å². The van der Waals surface area contributed by atoms with E-state index in [4.69, 9.17) is 16.0 Å². The van der Waals surface area contributed by atoms with Gasteiger partial charge in [0.1, 0.15) is 5.02 Å². The lowest BCUT2D eigenvalue weighted by molar-refractivity contribution is 0.503. The van der Waals surface area contributed by atoms with Crippen molar-refractivity contribution in [2.75, 3.05) is 5.32 Å². The molecule has 0 saturated carbocycles. The van der Waals surface area contributed by atoms with Crippen LogP contribution in [0, 0.1) is 0 Å². The quantitative estimate of drug-likeness (QED) is 0.925. The van der Waals surface area contributed by atoms with Gasteiger partial charge in [0.15, 0.2) is 0 Å². The maximum atomic E-state index is 11.9. The molecule has 2 aromatic rings. The van der Waals surface area contributed by atoms with E-state index in [2.05, 4.69) is 10.4 Å². The number of halogens is 1. The summed E-state index contributed by atoms with van der Waals surface area (Å²) < 4.78 is 6.31. The molecule has 2 rings (SSSR count). The third kappa shape index (κ3) is 2.56. The molecule has 0 aliphatic rings. The molecule has 0 radical (unpaired) electrons. The molecule has 0 atom stereocenters. The van der Waals surface area contributed by atoms with Gasteiger partial charge in [0.25, 0.3) is 5.56 Å². The fourth-order valence-corrected chi connectivity index (χ4v) is 1.73. The molecule has 0 fully saturated rings. The summed E-state index contributed by atoms with van der Waals surface area (Å²) >= 11 is 6.02. The molecule has 0 unspecified atom stereocenters. The van der Waals surface area contributed by atoms with Crippen LogP contribution in [-0.4, -0.2) is 9.78 Å². The van der Waals surface area contributed by atoms with Gasteiger partial charge in [-0.25, -0.2) is 4.68 Å². The van der Waals surface area contributed by atoms with Crippen molar-refractivity contribution in [3.05, 3.63) is 45.7 Å². The highest BCUT2D eigenvalue weighted by molar-refractivity contribution is 6.32. The summed E-state index contributed by atoms with van der Waals surface area (Å²) in [5, 5.41) is 7.28. The zero-order valence-electron chi connectivity index (χ0n) is 10.2. The Morgan fingerprint density at radius 2 is 2.33 bits per heavy atom. The predicted octanol–water partition coefficient (Wildman–Crippen LogP) is 2.68. The number of rotatable bonds is 4. The SMILES string of the molecule is CC(C)n1ncc(NCc2ccoc2)c(Cl)c1=O. The van der Waals surface area contributed by atoms with Crippen molar-refractivity contribution in [1.29, 1.82) is 0 Å². The van der Waals surface area contributed by atoms with Crippen LogP contribution in [0.3, 0.4) is 0 Å². The number of furan rings is 1. The van der Waals surface area contributed by atoms with Crippen LogP contribution in [0.4, 0.5) is 5.69 Å². The van der Waals surface area contributed by atoms with Crippen molar-refractivity contribution in [1.82, 2.24) is 9.78 Å². The number of aromatic nitrogens is 2. The zero-order chi connectivity index (χ0) is 13.1. The normalized spacial score (nSPS) is 10.9. The van der Waals surface area contributed by atoms with E-state index in [0.717, 1.165) is 5.56 Å². The van der Waals surface area contributed by atoms with Crippen LogP contribution in [-0.2, 0) is 6.54 Å². The average molecular weight is 268 g/mol. The molecule has 0 spiro atoms. The molecule has 5 nitrogen and oxygen atoms in total. The lowest BCUT2D eigenvalue weighted by Gasteiger charge is -2.11. The van der Waals surface area contributed by atoms with E-state index < -0.39 is 0 Å². The Bertz CT molecular complexity index is 576. The Kier molecular flexibility index (Phi) is 3.72. The highest BCUT2D eigenvalue weighted by Gasteiger charge is 2.10. The fourth-order valence-electron chi connectivity index (χ4n) is 1.53. The van der Waals surface area contributed by atoms with Crippen LogP contribution >= 0.6 is 11.6 Å². The Morgan fingerprint density at radius 1 is 1.56 bits per heavy atom. The molecular weight excluding hydrogens is 254 g/mol. The van der Waals surface area contributed by atoms with Crippen molar-refractivity contribution in [3.8, 4) is 0 Å². The first-order chi connectivity index (χ1) is 8.59. The Hall–Kier alpha value is -1.75. The molecule has 2 aromatic heterocycles. The van der Waals surface area contributed by atoms with E-state index in [-0.39, 0.29) is 16.6 Å². The molecule has 1 N–H and O–H groups in total. The molecular formula is C12H14ClN3O2. The minimum Gasteiger partial charge on any atom is -0.472 e. The molecule has 0 amide bonds. The predicted molar refractivity (Wildman–Crippen MR) is 69.9 cm³/mol. The first-order valence-corrected chi connectivity index (χ1v) is 5.99. The lowest BCUT2D eigenvalue weighted by atomic mass is 10.3. The highest BCUT2D eigenvalue weighted by atomic mass is 35.5. The number of hydrogen-bond donors (Lipinski definition) is 1. The number of nitrogens with zero attached hydrogens (tertiary/aromatic N) is 2. The van der Waals surface area contributed by atoms with Crippen LogP contribution in [0.5, 0.6) is 0 Å². The lowest BCUT2D eigenvalue weighted by Crippen LogP contribution is -2.25. The van der Waals surface area contributed by atoms with Gasteiger partial charge in [0.05, 0.1) is 30.5 Å². The minimum absolute atomic E-state index is 0.0158. The van der Waals surface area contributed by atoms with Gasteiger partial charge in [-0.2, -0.15) is 5.10 Å². The molecule has 0 aliphatic carbocycles. The Balaban J connectivity index is 2.20. The first-order valence-electron chi connectivity index (χ1n) is 5.62. The second-order valence-corrected chi connectivity index (χ2v) is 4.58. The first kappa shape index (κ1) is 12.7. The van der Waals surface area contributed by atoms with Gasteiger partial charge in [0.2, 0.25) is 0 Å². The van der Waals surface area contributed by atoms with Crippen molar-refractivity contribution in [2.45, 2.75) is 26.4 Å². The van der Waals surface area contributed by atoms with E-state index >= 15 is 0 Å². The molecule has 18 heavy (non-hydrogen) atoms. The molecule has 0 bridgehead atoms. The van der Waals surface area contributed by atoms with Crippen molar-refractivity contribution < 1.29 is 4.42 Å². The molecule has 2 heterocycles. The number of hydrogen-bond acceptors (Lipinski definition) is 4. The van der Waals surface area contributed by atoms with Gasteiger partial charge in [-0.3, -0.25) is 4.79 Å². The van der Waals surface area contributed by atoms with Crippen molar-refractivity contribution >= 4 is 17.3 Å². The minimum atomic E-state index is -0.288. The fraction of sp³-hybridized carbons (Fsp3) is 0.333. The molecule has 0 saturated heterocycles. The van der Waals surface area contributed by atoms with Crippen LogP contribution in [0.2, 0.25) is 5.02 Å². The molecule has 96 valence electrons. The van der Waals surface area contributed by atoms with E-state index in [1.54, 1.807) is 18.7 Å². The summed E-state index contributed by atoms with van der Waals surface area (Å²) in [5.41, 5.74) is 1.21. The second kappa shape index (κ2) is 5.27. The summed E-state index contributed by atoms with van der Waals surface area (Å²) in [6, 6.07) is 1.82. The van der Waals surface area contributed by atoms with Gasteiger partial charge < -0.3 is 9.73 Å². The average Bonchev–Trinajstić information content (AvgIpc) is 2.83. The maximum Gasteiger partial charge on any atom is 0.287 e. The van der Waals surface area contributed by atoms with Gasteiger partial charge in [-0.15, -0.1) is 0 Å². The summed E-state index contributed by atoms with van der Waals surface area (Å²) in [5.74, 6) is 0. The van der Waals surface area contributed by atoms with Gasteiger partial charge in [0, 0.05) is 12.1 Å². The third-order valence-electron chi connectivity index (χ3n) is 2.50. The second-order valence-electron chi connectivity index (χ2n) is 4.20. The zero-order valence-corrected chi connectivity index (χ0v) is 10.9. The highest BCUT2D eigenvalue weighted by Crippen LogP contribution is 2.17. The van der Waals surface area contributed by atoms with Crippen molar-refractivity contribution in [3.63, 3.8) is 0 Å². The maximum absolute atomic E-state index is 11.9. The third-order valence-corrected chi connectivity index (χ3v) is 2.86. The summed E-state index contributed by atoms with van der Waals surface area (Å²) in [4.78, 5) is 11.9. The molecule has 0 aromatic carbocycles. The largest absolute Gasteiger partial charge is 0.472 e. The topological polar surface area (TPSA) is 60.1 Å². The van der Waals surface area contributed by atoms with Gasteiger partial charge in [-0.05, 0) is 19.9 Å². The standard InChI is InChI=1S/C12H14ClN3O2/c1-8(2)16-12(17)11(13)10(6-15-16)14-5-9-3-4-18-7-9/h3-4,6-8,14H,5H2,1-2H3. The summed E-state index contributed by atoms with van der Waals surface area (Å²) in [6.45, 7) is 4.29. The monoisotopic (exact) mass is 267 g/mol. The Labute approximate surface area is 109 Å². The van der Waals surface area contributed by atoms with Gasteiger partial charge in [-0.1, -0.05) is 11.6 Å². The van der Waals surface area contributed by atoms with Gasteiger partial charge >= 0.3 is 0 Å². The summed E-state index contributed by atoms with van der Waals surface area (Å²) in [7, 11) is 0. The van der Waals surface area contributed by atoms with Crippen LogP contribution in [0.1, 0.15) is 25.5 Å². The molecule has 6 heteroatoms. The number of nitrogens with one attached hydrogen (secondary N) is 1. The Morgan fingerprint density at radius 3 is 2.94 bits per heavy atom. The van der Waals surface area contributed by atoms with Crippen molar-refractivity contribution in [2.24, 2.45) is 0 Å². The van der Waals surface area contributed by atoms with E-state index in [1.165, 1.54) is 4.68 Å². The van der Waals surface area contributed by atoms with Crippen LogP contribution in [0.25, 0.3) is 0 Å². The van der Waals surface area contributed by atoms with Crippen LogP contribution in [0.15, 0.2) is 34.0 Å².